The predicted octanol–water partition coefficient (Wildman–Crippen LogP) is 0.837. The summed E-state index contributed by atoms with van der Waals surface area (Å²) < 4.78 is 0. The van der Waals surface area contributed by atoms with E-state index in [1.54, 1.807) is 4.90 Å². The van der Waals surface area contributed by atoms with E-state index in [0.717, 1.165) is 19.4 Å². The zero-order valence-corrected chi connectivity index (χ0v) is 11.2. The molecule has 0 radical (unpaired) electrons. The molecule has 3 unspecified atom stereocenters. The lowest BCUT2D eigenvalue weighted by Gasteiger charge is -2.36. The lowest BCUT2D eigenvalue weighted by Crippen LogP contribution is -2.49. The van der Waals surface area contributed by atoms with Crippen molar-refractivity contribution in [3.8, 4) is 0 Å². The number of nitrogens with zero attached hydrogens (tertiary/aromatic N) is 1. The highest BCUT2D eigenvalue weighted by molar-refractivity contribution is 5.79. The topological polar surface area (TPSA) is 66.6 Å². The minimum absolute atomic E-state index is 0.0874. The molecule has 1 saturated heterocycles. The molecule has 3 atom stereocenters. The number of aliphatic hydroxyl groups excluding tert-OH is 1. The molecule has 0 aromatic carbocycles. The highest BCUT2D eigenvalue weighted by Crippen LogP contribution is 2.20. The summed E-state index contributed by atoms with van der Waals surface area (Å²) >= 11 is 0. The van der Waals surface area contributed by atoms with E-state index in [9.17, 15) is 9.90 Å². The van der Waals surface area contributed by atoms with Crippen molar-refractivity contribution in [2.75, 3.05) is 19.6 Å². The third-order valence-corrected chi connectivity index (χ3v) is 3.62. The quantitative estimate of drug-likeness (QED) is 0.767. The lowest BCUT2D eigenvalue weighted by atomic mass is 9.92. The molecule has 0 spiro atoms. The smallest absolute Gasteiger partial charge is 0.227 e. The first-order chi connectivity index (χ1) is 7.95. The number of hydrogen-bond acceptors (Lipinski definition) is 3. The number of amides is 1. The second-order valence-corrected chi connectivity index (χ2v) is 5.68. The first kappa shape index (κ1) is 14.5. The van der Waals surface area contributed by atoms with Gasteiger partial charge in [0.2, 0.25) is 5.91 Å². The van der Waals surface area contributed by atoms with Crippen LogP contribution in [0.2, 0.25) is 0 Å². The highest BCUT2D eigenvalue weighted by atomic mass is 16.3. The molecule has 3 N–H and O–H groups in total. The Morgan fingerprint density at radius 1 is 1.53 bits per heavy atom. The lowest BCUT2D eigenvalue weighted by molar-refractivity contribution is -0.140. The molecular formula is C13H26N2O2. The Morgan fingerprint density at radius 2 is 2.18 bits per heavy atom. The summed E-state index contributed by atoms with van der Waals surface area (Å²) in [7, 11) is 0. The monoisotopic (exact) mass is 242 g/mol. The fraction of sp³-hybridized carbons (Fsp3) is 0.923. The van der Waals surface area contributed by atoms with Gasteiger partial charge in [-0.1, -0.05) is 20.8 Å². The van der Waals surface area contributed by atoms with Crippen molar-refractivity contribution in [2.24, 2.45) is 23.5 Å². The zero-order valence-electron chi connectivity index (χ0n) is 11.2. The maximum atomic E-state index is 12.3. The number of piperidine rings is 1. The molecule has 17 heavy (non-hydrogen) atoms. The Bertz CT molecular complexity index is 256. The van der Waals surface area contributed by atoms with E-state index in [-0.39, 0.29) is 17.9 Å². The summed E-state index contributed by atoms with van der Waals surface area (Å²) in [6.07, 6.45) is 1.33. The second kappa shape index (κ2) is 6.36. The first-order valence-corrected chi connectivity index (χ1v) is 6.62. The third kappa shape index (κ3) is 3.96. The third-order valence-electron chi connectivity index (χ3n) is 3.62. The van der Waals surface area contributed by atoms with Gasteiger partial charge in [0.1, 0.15) is 0 Å². The fourth-order valence-electron chi connectivity index (χ4n) is 2.37. The molecule has 0 aromatic rings. The van der Waals surface area contributed by atoms with Crippen LogP contribution in [0.1, 0.15) is 33.6 Å². The van der Waals surface area contributed by atoms with Gasteiger partial charge in [-0.3, -0.25) is 4.79 Å². The minimum atomic E-state index is -0.384. The zero-order chi connectivity index (χ0) is 13.0. The molecule has 1 fully saturated rings. The molecule has 1 aliphatic rings. The van der Waals surface area contributed by atoms with Crippen molar-refractivity contribution in [2.45, 2.75) is 39.7 Å². The molecule has 4 nitrogen and oxygen atoms in total. The molecule has 1 rings (SSSR count). The number of aliphatic hydroxyl groups is 1. The number of likely N-dealkylation sites (tertiary alicyclic amines) is 1. The van der Waals surface area contributed by atoms with Crippen molar-refractivity contribution in [3.05, 3.63) is 0 Å². The van der Waals surface area contributed by atoms with Crippen molar-refractivity contribution < 1.29 is 9.90 Å². The average molecular weight is 242 g/mol. The summed E-state index contributed by atoms with van der Waals surface area (Å²) in [5.74, 6) is 0.796. The van der Waals surface area contributed by atoms with Gasteiger partial charge >= 0.3 is 0 Å². The van der Waals surface area contributed by atoms with Crippen LogP contribution in [0.25, 0.3) is 0 Å². The molecule has 100 valence electrons. The van der Waals surface area contributed by atoms with Crippen LogP contribution in [0.5, 0.6) is 0 Å². The summed E-state index contributed by atoms with van der Waals surface area (Å²) in [6, 6.07) is 0. The van der Waals surface area contributed by atoms with Crippen LogP contribution in [0.4, 0.5) is 0 Å². The fourth-order valence-corrected chi connectivity index (χ4v) is 2.37. The van der Waals surface area contributed by atoms with E-state index >= 15 is 0 Å². The maximum Gasteiger partial charge on any atom is 0.227 e. The number of hydrogen-bond donors (Lipinski definition) is 2. The van der Waals surface area contributed by atoms with Crippen LogP contribution >= 0.6 is 0 Å². The number of carbonyl (C=O) groups excluding carboxylic acids is 1. The van der Waals surface area contributed by atoms with Crippen LogP contribution in [-0.2, 0) is 4.79 Å². The second-order valence-electron chi connectivity index (χ2n) is 5.68. The largest absolute Gasteiger partial charge is 0.391 e. The van der Waals surface area contributed by atoms with Gasteiger partial charge in [-0.15, -0.1) is 0 Å². The first-order valence-electron chi connectivity index (χ1n) is 6.62. The molecular weight excluding hydrogens is 216 g/mol. The molecule has 1 aliphatic heterocycles. The van der Waals surface area contributed by atoms with Crippen molar-refractivity contribution in [1.82, 2.24) is 4.90 Å². The van der Waals surface area contributed by atoms with E-state index in [1.807, 2.05) is 6.92 Å². The Kier molecular flexibility index (Phi) is 5.40. The van der Waals surface area contributed by atoms with Gasteiger partial charge in [-0.2, -0.15) is 0 Å². The van der Waals surface area contributed by atoms with E-state index in [1.165, 1.54) is 0 Å². The number of carbonyl (C=O) groups is 1. The maximum absolute atomic E-state index is 12.3. The summed E-state index contributed by atoms with van der Waals surface area (Å²) in [6.45, 7) is 7.85. The number of nitrogens with two attached hydrogens (primary N) is 1. The van der Waals surface area contributed by atoms with E-state index in [2.05, 4.69) is 13.8 Å². The van der Waals surface area contributed by atoms with Gasteiger partial charge in [0.25, 0.3) is 0 Å². The molecule has 1 amide bonds. The molecule has 1 heterocycles. The molecule has 0 aliphatic carbocycles. The van der Waals surface area contributed by atoms with Gasteiger partial charge in [0.05, 0.1) is 12.0 Å². The molecule has 0 aromatic heterocycles. The summed E-state index contributed by atoms with van der Waals surface area (Å²) in [5.41, 5.74) is 5.68. The van der Waals surface area contributed by atoms with Crippen LogP contribution in [0, 0.1) is 17.8 Å². The Labute approximate surface area is 104 Å². The van der Waals surface area contributed by atoms with Crippen LogP contribution in [0.3, 0.4) is 0 Å². The Hall–Kier alpha value is -0.610. The van der Waals surface area contributed by atoms with Gasteiger partial charge in [-0.05, 0) is 24.7 Å². The van der Waals surface area contributed by atoms with Crippen LogP contribution < -0.4 is 5.73 Å². The van der Waals surface area contributed by atoms with Gasteiger partial charge in [0.15, 0.2) is 0 Å². The van der Waals surface area contributed by atoms with Gasteiger partial charge in [-0.25, -0.2) is 0 Å². The highest BCUT2D eigenvalue weighted by Gasteiger charge is 2.30. The standard InChI is InChI=1S/C13H26N2O2/c1-9(2)6-11(7-14)13(17)15-5-4-10(3)12(16)8-15/h9-12,16H,4-8,14H2,1-3H3. The minimum Gasteiger partial charge on any atom is -0.391 e. The normalized spacial score (nSPS) is 27.3. The SMILES string of the molecule is CC(C)CC(CN)C(=O)N1CCC(C)C(O)C1. The molecule has 4 heteroatoms. The average Bonchev–Trinajstić information content (AvgIpc) is 2.28. The molecule has 0 saturated carbocycles. The van der Waals surface area contributed by atoms with Crippen molar-refractivity contribution in [3.63, 3.8) is 0 Å². The van der Waals surface area contributed by atoms with Crippen molar-refractivity contribution in [1.29, 1.82) is 0 Å². The number of rotatable bonds is 4. The van der Waals surface area contributed by atoms with Crippen LogP contribution in [0.15, 0.2) is 0 Å². The van der Waals surface area contributed by atoms with E-state index < -0.39 is 0 Å². The Balaban J connectivity index is 2.56. The van der Waals surface area contributed by atoms with Gasteiger partial charge < -0.3 is 15.7 Å². The van der Waals surface area contributed by atoms with Crippen LogP contribution in [-0.4, -0.2) is 41.7 Å². The predicted molar refractivity (Wildman–Crippen MR) is 68.4 cm³/mol. The summed E-state index contributed by atoms with van der Waals surface area (Å²) in [5, 5.41) is 9.81. The van der Waals surface area contributed by atoms with E-state index in [4.69, 9.17) is 5.73 Å². The number of β-amino-alcohol motifs (C(OH)–C–C–N with tert-alkyl or cyclic N) is 1. The Morgan fingerprint density at radius 3 is 2.65 bits per heavy atom. The van der Waals surface area contributed by atoms with Gasteiger partial charge in [0, 0.05) is 19.6 Å². The van der Waals surface area contributed by atoms with Crippen molar-refractivity contribution >= 4 is 5.91 Å². The summed E-state index contributed by atoms with van der Waals surface area (Å²) in [4.78, 5) is 14.0. The molecule has 0 bridgehead atoms. The van der Waals surface area contributed by atoms with E-state index in [0.29, 0.717) is 24.9 Å².